The molecule has 0 aliphatic carbocycles. The maximum Gasteiger partial charge on any atom is 0.255 e. The minimum absolute atomic E-state index is 0.0315. The van der Waals surface area contributed by atoms with E-state index < -0.39 is 0 Å². The molecule has 0 fully saturated rings. The quantitative estimate of drug-likeness (QED) is 0.694. The highest BCUT2D eigenvalue weighted by Crippen LogP contribution is 2.20. The second-order valence-electron chi connectivity index (χ2n) is 6.06. The van der Waals surface area contributed by atoms with Crippen LogP contribution in [0.2, 0.25) is 0 Å². The molecule has 0 aliphatic rings. The SMILES string of the molecule is CCOc1ccccc1CCCNC(=O)c1ccccc1OC(C)C. The number of rotatable bonds is 9. The Morgan fingerprint density at radius 3 is 2.44 bits per heavy atom. The van der Waals surface area contributed by atoms with Crippen molar-refractivity contribution < 1.29 is 14.3 Å². The molecule has 0 bridgehead atoms. The summed E-state index contributed by atoms with van der Waals surface area (Å²) in [5.41, 5.74) is 1.74. The molecule has 0 radical (unpaired) electrons. The Labute approximate surface area is 150 Å². The molecule has 1 amide bonds. The molecule has 4 nitrogen and oxygen atoms in total. The molecule has 2 rings (SSSR count). The van der Waals surface area contributed by atoms with Gasteiger partial charge in [0.1, 0.15) is 11.5 Å². The summed E-state index contributed by atoms with van der Waals surface area (Å²) in [6.45, 7) is 7.14. The lowest BCUT2D eigenvalue weighted by Gasteiger charge is -2.14. The number of benzene rings is 2. The monoisotopic (exact) mass is 341 g/mol. The van der Waals surface area contributed by atoms with Gasteiger partial charge < -0.3 is 14.8 Å². The number of amides is 1. The third-order valence-corrected chi connectivity index (χ3v) is 3.68. The molecule has 0 aliphatic heterocycles. The molecular formula is C21H27NO3. The van der Waals surface area contributed by atoms with Crippen molar-refractivity contribution in [3.8, 4) is 11.5 Å². The molecule has 0 aromatic heterocycles. The highest BCUT2D eigenvalue weighted by Gasteiger charge is 2.12. The Balaban J connectivity index is 1.87. The zero-order chi connectivity index (χ0) is 18.1. The summed E-state index contributed by atoms with van der Waals surface area (Å²) in [5, 5.41) is 2.97. The van der Waals surface area contributed by atoms with E-state index in [-0.39, 0.29) is 12.0 Å². The predicted octanol–water partition coefficient (Wildman–Crippen LogP) is 4.24. The van der Waals surface area contributed by atoms with Crippen molar-refractivity contribution in [2.24, 2.45) is 0 Å². The summed E-state index contributed by atoms with van der Waals surface area (Å²) < 4.78 is 11.3. The van der Waals surface area contributed by atoms with E-state index in [0.717, 1.165) is 18.6 Å². The third kappa shape index (κ3) is 5.82. The van der Waals surface area contributed by atoms with Crippen LogP contribution in [0.4, 0.5) is 0 Å². The van der Waals surface area contributed by atoms with Gasteiger partial charge in [-0.25, -0.2) is 0 Å². The van der Waals surface area contributed by atoms with Gasteiger partial charge in [-0.05, 0) is 57.4 Å². The zero-order valence-corrected chi connectivity index (χ0v) is 15.2. The van der Waals surface area contributed by atoms with Gasteiger partial charge in [0, 0.05) is 6.54 Å². The molecule has 134 valence electrons. The van der Waals surface area contributed by atoms with Gasteiger partial charge in [-0.3, -0.25) is 4.79 Å². The van der Waals surface area contributed by atoms with Crippen molar-refractivity contribution in [2.45, 2.75) is 39.7 Å². The fourth-order valence-corrected chi connectivity index (χ4v) is 2.59. The topological polar surface area (TPSA) is 47.6 Å². The van der Waals surface area contributed by atoms with Gasteiger partial charge in [-0.1, -0.05) is 30.3 Å². The minimum Gasteiger partial charge on any atom is -0.494 e. The van der Waals surface area contributed by atoms with Crippen LogP contribution < -0.4 is 14.8 Å². The lowest BCUT2D eigenvalue weighted by Crippen LogP contribution is -2.25. The van der Waals surface area contributed by atoms with Gasteiger partial charge in [0.2, 0.25) is 0 Å². The first-order chi connectivity index (χ1) is 12.1. The first-order valence-corrected chi connectivity index (χ1v) is 8.86. The Hall–Kier alpha value is -2.49. The summed E-state index contributed by atoms with van der Waals surface area (Å²) in [4.78, 5) is 12.4. The maximum absolute atomic E-state index is 12.4. The van der Waals surface area contributed by atoms with E-state index in [0.29, 0.717) is 24.5 Å². The Bertz CT molecular complexity index is 682. The van der Waals surface area contributed by atoms with E-state index in [1.54, 1.807) is 6.07 Å². The van der Waals surface area contributed by atoms with Crippen LogP contribution in [0.15, 0.2) is 48.5 Å². The van der Waals surface area contributed by atoms with Crippen LogP contribution in [0.3, 0.4) is 0 Å². The molecule has 0 spiro atoms. The van der Waals surface area contributed by atoms with Gasteiger partial charge >= 0.3 is 0 Å². The summed E-state index contributed by atoms with van der Waals surface area (Å²) in [6.07, 6.45) is 1.74. The number of hydrogen-bond acceptors (Lipinski definition) is 3. The van der Waals surface area contributed by atoms with Crippen molar-refractivity contribution in [1.82, 2.24) is 5.32 Å². The molecular weight excluding hydrogens is 314 g/mol. The Morgan fingerprint density at radius 2 is 1.72 bits per heavy atom. The van der Waals surface area contributed by atoms with Crippen LogP contribution in [-0.2, 0) is 6.42 Å². The van der Waals surface area contributed by atoms with Crippen LogP contribution >= 0.6 is 0 Å². The lowest BCUT2D eigenvalue weighted by atomic mass is 10.1. The Kier molecular flexibility index (Phi) is 7.33. The van der Waals surface area contributed by atoms with Crippen molar-refractivity contribution in [1.29, 1.82) is 0 Å². The molecule has 0 saturated carbocycles. The molecule has 0 heterocycles. The zero-order valence-electron chi connectivity index (χ0n) is 15.2. The highest BCUT2D eigenvalue weighted by molar-refractivity contribution is 5.96. The van der Waals surface area contributed by atoms with E-state index in [1.165, 1.54) is 5.56 Å². The smallest absolute Gasteiger partial charge is 0.255 e. The van der Waals surface area contributed by atoms with Crippen molar-refractivity contribution in [2.75, 3.05) is 13.2 Å². The second-order valence-corrected chi connectivity index (χ2v) is 6.06. The predicted molar refractivity (Wildman–Crippen MR) is 100 cm³/mol. The van der Waals surface area contributed by atoms with Gasteiger partial charge in [-0.2, -0.15) is 0 Å². The summed E-state index contributed by atoms with van der Waals surface area (Å²) >= 11 is 0. The van der Waals surface area contributed by atoms with Crippen LogP contribution in [0, 0.1) is 0 Å². The molecule has 2 aromatic carbocycles. The number of hydrogen-bond donors (Lipinski definition) is 1. The fraction of sp³-hybridized carbons (Fsp3) is 0.381. The standard InChI is InChI=1S/C21H27NO3/c1-4-24-19-13-7-5-10-17(19)11-9-15-22-21(23)18-12-6-8-14-20(18)25-16(2)3/h5-8,10,12-14,16H,4,9,11,15H2,1-3H3,(H,22,23). The van der Waals surface area contributed by atoms with Crippen molar-refractivity contribution in [3.05, 3.63) is 59.7 Å². The van der Waals surface area contributed by atoms with Crippen LogP contribution in [0.1, 0.15) is 43.1 Å². The molecule has 0 saturated heterocycles. The van der Waals surface area contributed by atoms with Gasteiger partial charge in [0.15, 0.2) is 0 Å². The maximum atomic E-state index is 12.4. The van der Waals surface area contributed by atoms with E-state index in [9.17, 15) is 4.79 Å². The fourth-order valence-electron chi connectivity index (χ4n) is 2.59. The largest absolute Gasteiger partial charge is 0.494 e. The number of nitrogens with one attached hydrogen (secondary N) is 1. The average Bonchev–Trinajstić information content (AvgIpc) is 2.60. The van der Waals surface area contributed by atoms with Crippen molar-refractivity contribution >= 4 is 5.91 Å². The van der Waals surface area contributed by atoms with Gasteiger partial charge in [0.25, 0.3) is 5.91 Å². The molecule has 25 heavy (non-hydrogen) atoms. The summed E-state index contributed by atoms with van der Waals surface area (Å²) in [5.74, 6) is 1.44. The number of ether oxygens (including phenoxy) is 2. The average molecular weight is 341 g/mol. The minimum atomic E-state index is -0.102. The second kappa shape index (κ2) is 9.72. The van der Waals surface area contributed by atoms with Crippen LogP contribution in [0.5, 0.6) is 11.5 Å². The van der Waals surface area contributed by atoms with E-state index in [1.807, 2.05) is 57.2 Å². The van der Waals surface area contributed by atoms with E-state index in [2.05, 4.69) is 11.4 Å². The van der Waals surface area contributed by atoms with Crippen LogP contribution in [0.25, 0.3) is 0 Å². The third-order valence-electron chi connectivity index (χ3n) is 3.68. The highest BCUT2D eigenvalue weighted by atomic mass is 16.5. The molecule has 0 atom stereocenters. The van der Waals surface area contributed by atoms with E-state index in [4.69, 9.17) is 9.47 Å². The van der Waals surface area contributed by atoms with Crippen LogP contribution in [-0.4, -0.2) is 25.2 Å². The number of carbonyl (C=O) groups excluding carboxylic acids is 1. The summed E-state index contributed by atoms with van der Waals surface area (Å²) in [6, 6.07) is 15.4. The van der Waals surface area contributed by atoms with Crippen molar-refractivity contribution in [3.63, 3.8) is 0 Å². The number of para-hydroxylation sites is 2. The molecule has 2 aromatic rings. The molecule has 0 unspecified atom stereocenters. The number of aryl methyl sites for hydroxylation is 1. The first-order valence-electron chi connectivity index (χ1n) is 8.86. The Morgan fingerprint density at radius 1 is 1.04 bits per heavy atom. The lowest BCUT2D eigenvalue weighted by molar-refractivity contribution is 0.0947. The summed E-state index contributed by atoms with van der Waals surface area (Å²) in [7, 11) is 0. The van der Waals surface area contributed by atoms with Gasteiger partial charge in [-0.15, -0.1) is 0 Å². The first kappa shape index (κ1) is 18.8. The van der Waals surface area contributed by atoms with Gasteiger partial charge in [0.05, 0.1) is 18.3 Å². The number of carbonyl (C=O) groups is 1. The van der Waals surface area contributed by atoms with E-state index >= 15 is 0 Å². The normalized spacial score (nSPS) is 10.6. The molecule has 1 N–H and O–H groups in total. The molecule has 4 heteroatoms.